The molecule has 2 rings (SSSR count). The van der Waals surface area contributed by atoms with Gasteiger partial charge in [-0.25, -0.2) is 9.18 Å². The number of carboxylic acids is 1. The first kappa shape index (κ1) is 15.4. The fourth-order valence-electron chi connectivity index (χ4n) is 2.53. The molecule has 0 bridgehead atoms. The molecule has 5 nitrogen and oxygen atoms in total. The van der Waals surface area contributed by atoms with Crippen LogP contribution < -0.4 is 0 Å². The van der Waals surface area contributed by atoms with Crippen LogP contribution in [0.25, 0.3) is 0 Å². The predicted octanol–water partition coefficient (Wildman–Crippen LogP) is 2.02. The molecule has 0 unspecified atom stereocenters. The monoisotopic (exact) mass is 295 g/mol. The van der Waals surface area contributed by atoms with Gasteiger partial charge < -0.3 is 14.7 Å². The summed E-state index contributed by atoms with van der Waals surface area (Å²) in [4.78, 5) is 24.6. The molecule has 1 aromatic rings. The molecule has 0 aromatic heterocycles. The van der Waals surface area contributed by atoms with E-state index in [0.717, 1.165) is 18.9 Å². The van der Waals surface area contributed by atoms with E-state index in [1.165, 1.54) is 12.1 Å². The lowest BCUT2D eigenvalue weighted by Gasteiger charge is -2.31. The summed E-state index contributed by atoms with van der Waals surface area (Å²) in [6.45, 7) is 1.80. The van der Waals surface area contributed by atoms with Crippen LogP contribution in [0.3, 0.4) is 0 Å². The lowest BCUT2D eigenvalue weighted by atomic mass is 9.97. The third kappa shape index (κ3) is 3.58. The maximum atomic E-state index is 13.9. The molecule has 1 fully saturated rings. The Kier molecular flexibility index (Phi) is 4.90. The molecule has 1 N–H and O–H groups in total. The molecule has 1 aromatic carbocycles. The zero-order chi connectivity index (χ0) is 15.4. The van der Waals surface area contributed by atoms with Crippen molar-refractivity contribution in [2.45, 2.75) is 12.8 Å². The van der Waals surface area contributed by atoms with Gasteiger partial charge in [0, 0.05) is 26.8 Å². The van der Waals surface area contributed by atoms with Crippen molar-refractivity contribution in [1.29, 1.82) is 0 Å². The van der Waals surface area contributed by atoms with Gasteiger partial charge >= 0.3 is 5.97 Å². The normalized spacial score (nSPS) is 16.0. The number of amides is 1. The lowest BCUT2D eigenvalue weighted by Crippen LogP contribution is -2.39. The first-order chi connectivity index (χ1) is 10.0. The lowest BCUT2D eigenvalue weighted by molar-refractivity contribution is 0.0607. The van der Waals surface area contributed by atoms with Crippen molar-refractivity contribution < 1.29 is 23.8 Å². The Morgan fingerprint density at radius 1 is 1.38 bits per heavy atom. The number of nitrogens with zero attached hydrogens (tertiary/aromatic N) is 1. The van der Waals surface area contributed by atoms with Gasteiger partial charge in [0.25, 0.3) is 5.91 Å². The topological polar surface area (TPSA) is 66.8 Å². The van der Waals surface area contributed by atoms with Crippen molar-refractivity contribution in [3.63, 3.8) is 0 Å². The van der Waals surface area contributed by atoms with Crippen molar-refractivity contribution in [2.75, 3.05) is 26.8 Å². The summed E-state index contributed by atoms with van der Waals surface area (Å²) in [5.74, 6) is -1.97. The van der Waals surface area contributed by atoms with Gasteiger partial charge in [0.2, 0.25) is 0 Å². The third-order valence-electron chi connectivity index (χ3n) is 3.75. The Bertz CT molecular complexity index is 538. The molecule has 1 saturated heterocycles. The van der Waals surface area contributed by atoms with E-state index in [4.69, 9.17) is 9.84 Å². The standard InChI is InChI=1S/C15H18FNO4/c1-21-9-10-4-6-17(7-5-10)14(18)12-3-2-11(15(19)20)8-13(12)16/h2-3,8,10H,4-7,9H2,1H3,(H,19,20). The number of methoxy groups -OCH3 is 1. The van der Waals surface area contributed by atoms with E-state index in [-0.39, 0.29) is 17.0 Å². The molecule has 1 heterocycles. The second-order valence-corrected chi connectivity index (χ2v) is 5.19. The molecule has 0 spiro atoms. The molecule has 1 amide bonds. The van der Waals surface area contributed by atoms with Crippen LogP contribution in [0.4, 0.5) is 4.39 Å². The zero-order valence-corrected chi connectivity index (χ0v) is 11.8. The van der Waals surface area contributed by atoms with Crippen LogP contribution in [-0.4, -0.2) is 48.7 Å². The number of benzene rings is 1. The molecular weight excluding hydrogens is 277 g/mol. The molecule has 0 radical (unpaired) electrons. The molecule has 0 atom stereocenters. The van der Waals surface area contributed by atoms with Gasteiger partial charge in [-0.05, 0) is 37.0 Å². The fraction of sp³-hybridized carbons (Fsp3) is 0.467. The second-order valence-electron chi connectivity index (χ2n) is 5.19. The quantitative estimate of drug-likeness (QED) is 0.923. The summed E-state index contributed by atoms with van der Waals surface area (Å²) in [7, 11) is 1.65. The van der Waals surface area contributed by atoms with E-state index in [0.29, 0.717) is 25.6 Å². The van der Waals surface area contributed by atoms with E-state index in [1.807, 2.05) is 0 Å². The highest BCUT2D eigenvalue weighted by atomic mass is 19.1. The van der Waals surface area contributed by atoms with Crippen LogP contribution in [-0.2, 0) is 4.74 Å². The van der Waals surface area contributed by atoms with Gasteiger partial charge in [-0.2, -0.15) is 0 Å². The maximum absolute atomic E-state index is 13.9. The maximum Gasteiger partial charge on any atom is 0.335 e. The number of carbonyl (C=O) groups is 2. The van der Waals surface area contributed by atoms with Crippen LogP contribution in [0.2, 0.25) is 0 Å². The SMILES string of the molecule is COCC1CCN(C(=O)c2ccc(C(=O)O)cc2F)CC1. The number of aromatic carboxylic acids is 1. The Labute approximate surface area is 122 Å². The zero-order valence-electron chi connectivity index (χ0n) is 11.8. The predicted molar refractivity (Wildman–Crippen MR) is 73.9 cm³/mol. The Morgan fingerprint density at radius 3 is 2.57 bits per heavy atom. The van der Waals surface area contributed by atoms with Crippen LogP contribution in [0.1, 0.15) is 33.6 Å². The molecule has 114 valence electrons. The Hall–Kier alpha value is -1.95. The molecule has 0 saturated carbocycles. The molecule has 21 heavy (non-hydrogen) atoms. The van der Waals surface area contributed by atoms with Crippen LogP contribution in [0.15, 0.2) is 18.2 Å². The number of rotatable bonds is 4. The van der Waals surface area contributed by atoms with E-state index >= 15 is 0 Å². The fourth-order valence-corrected chi connectivity index (χ4v) is 2.53. The van der Waals surface area contributed by atoms with Gasteiger partial charge in [-0.15, -0.1) is 0 Å². The highest BCUT2D eigenvalue weighted by Gasteiger charge is 2.25. The van der Waals surface area contributed by atoms with Crippen molar-refractivity contribution in [3.8, 4) is 0 Å². The number of halogens is 1. The van der Waals surface area contributed by atoms with Gasteiger partial charge in [0.15, 0.2) is 0 Å². The minimum absolute atomic E-state index is 0.0785. The van der Waals surface area contributed by atoms with E-state index < -0.39 is 11.8 Å². The highest BCUT2D eigenvalue weighted by molar-refractivity contribution is 5.96. The first-order valence-corrected chi connectivity index (χ1v) is 6.84. The summed E-state index contributed by atoms with van der Waals surface area (Å²) in [5.41, 5.74) is -0.243. The smallest absolute Gasteiger partial charge is 0.335 e. The first-order valence-electron chi connectivity index (χ1n) is 6.84. The molecule has 1 aliphatic rings. The van der Waals surface area contributed by atoms with Crippen LogP contribution in [0.5, 0.6) is 0 Å². The largest absolute Gasteiger partial charge is 0.478 e. The van der Waals surface area contributed by atoms with Gasteiger partial charge in [-0.3, -0.25) is 4.79 Å². The average Bonchev–Trinajstić information content (AvgIpc) is 2.47. The van der Waals surface area contributed by atoms with Crippen molar-refractivity contribution in [3.05, 3.63) is 35.1 Å². The van der Waals surface area contributed by atoms with E-state index in [9.17, 15) is 14.0 Å². The summed E-state index contributed by atoms with van der Waals surface area (Å²) in [6, 6.07) is 3.37. The van der Waals surface area contributed by atoms with Crippen LogP contribution >= 0.6 is 0 Å². The summed E-state index contributed by atoms with van der Waals surface area (Å²) < 4.78 is 19.0. The number of carboxylic acid groups (broad SMARTS) is 1. The summed E-state index contributed by atoms with van der Waals surface area (Å²) >= 11 is 0. The van der Waals surface area contributed by atoms with Crippen molar-refractivity contribution in [1.82, 2.24) is 4.90 Å². The molecule has 0 aliphatic carbocycles. The molecule has 6 heteroatoms. The Morgan fingerprint density at radius 2 is 2.05 bits per heavy atom. The van der Waals surface area contributed by atoms with E-state index in [2.05, 4.69) is 0 Å². The molecule has 1 aliphatic heterocycles. The number of hydrogen-bond acceptors (Lipinski definition) is 3. The molecular formula is C15H18FNO4. The van der Waals surface area contributed by atoms with Gasteiger partial charge in [0.1, 0.15) is 5.82 Å². The summed E-state index contributed by atoms with van der Waals surface area (Å²) in [6.07, 6.45) is 1.66. The van der Waals surface area contributed by atoms with E-state index in [1.54, 1.807) is 12.0 Å². The highest BCUT2D eigenvalue weighted by Crippen LogP contribution is 2.20. The number of carbonyl (C=O) groups excluding carboxylic acids is 1. The Balaban J connectivity index is 2.06. The number of likely N-dealkylation sites (tertiary alicyclic amines) is 1. The average molecular weight is 295 g/mol. The van der Waals surface area contributed by atoms with Crippen molar-refractivity contribution >= 4 is 11.9 Å². The van der Waals surface area contributed by atoms with Crippen molar-refractivity contribution in [2.24, 2.45) is 5.92 Å². The van der Waals surface area contributed by atoms with Gasteiger partial charge in [0.05, 0.1) is 11.1 Å². The minimum atomic E-state index is -1.21. The number of hydrogen-bond donors (Lipinski definition) is 1. The second kappa shape index (κ2) is 6.67. The summed E-state index contributed by atoms with van der Waals surface area (Å²) in [5, 5.41) is 8.79. The minimum Gasteiger partial charge on any atom is -0.478 e. The number of piperidine rings is 1. The number of ether oxygens (including phenoxy) is 1. The van der Waals surface area contributed by atoms with Gasteiger partial charge in [-0.1, -0.05) is 0 Å². The van der Waals surface area contributed by atoms with Crippen LogP contribution in [0, 0.1) is 11.7 Å². The third-order valence-corrected chi connectivity index (χ3v) is 3.75.